The van der Waals surface area contributed by atoms with Crippen LogP contribution in [0.2, 0.25) is 0 Å². The molecule has 0 spiro atoms. The molecule has 1 fully saturated rings. The van der Waals surface area contributed by atoms with Crippen molar-refractivity contribution in [1.29, 1.82) is 0 Å². The molecule has 7 heteroatoms. The zero-order chi connectivity index (χ0) is 19.6. The Hall–Kier alpha value is -2.80. The zero-order valence-electron chi connectivity index (χ0n) is 15.2. The molecule has 2 aromatic rings. The monoisotopic (exact) mass is 384 g/mol. The molecule has 0 radical (unpaired) electrons. The maximum Gasteiger partial charge on any atom is 0.329 e. The van der Waals surface area contributed by atoms with Gasteiger partial charge in [0.2, 0.25) is 0 Å². The quantitative estimate of drug-likeness (QED) is 0.430. The van der Waals surface area contributed by atoms with E-state index in [0.29, 0.717) is 6.54 Å². The first-order valence-corrected chi connectivity index (χ1v) is 9.42. The molecule has 1 aromatic heterocycles. The van der Waals surface area contributed by atoms with E-state index >= 15 is 0 Å². The molecule has 27 heavy (non-hydrogen) atoms. The second-order valence-electron chi connectivity index (χ2n) is 6.02. The lowest BCUT2D eigenvalue weighted by molar-refractivity contribution is -0.150. The van der Waals surface area contributed by atoms with Gasteiger partial charge in [-0.2, -0.15) is 0 Å². The first-order valence-electron chi connectivity index (χ1n) is 8.60. The summed E-state index contributed by atoms with van der Waals surface area (Å²) in [6.45, 7) is 7.77. The number of hydrogen-bond donors (Lipinski definition) is 0. The molecule has 1 atom stereocenters. The minimum absolute atomic E-state index is 0.193. The summed E-state index contributed by atoms with van der Waals surface area (Å²) in [5.74, 6) is -1.07. The van der Waals surface area contributed by atoms with Crippen LogP contribution in [0.1, 0.15) is 19.4 Å². The lowest BCUT2D eigenvalue weighted by Crippen LogP contribution is -2.42. The van der Waals surface area contributed by atoms with E-state index in [1.165, 1.54) is 6.92 Å². The number of hydrogen-bond acceptors (Lipinski definition) is 5. The summed E-state index contributed by atoms with van der Waals surface area (Å²) in [6.07, 6.45) is 5.42. The summed E-state index contributed by atoms with van der Waals surface area (Å²) in [4.78, 5) is 38.2. The third kappa shape index (κ3) is 3.55. The van der Waals surface area contributed by atoms with Crippen molar-refractivity contribution in [3.05, 3.63) is 53.6 Å². The molecule has 1 aliphatic heterocycles. The van der Waals surface area contributed by atoms with E-state index in [-0.39, 0.29) is 11.5 Å². The van der Waals surface area contributed by atoms with Crippen LogP contribution in [-0.2, 0) is 20.9 Å². The standard InChI is InChI=1S/C20H20N2O4S/c1-4-10-21-12-14(15-8-6-7-9-16(15)21)11-17-18(23)22(20(25)27-17)13(3)19(24)26-5-2/h4,6-9,11-13H,1,5,10H2,2-3H3/b17-11-/t13-/m1/s1. The number of allylic oxidation sites excluding steroid dienone is 1. The van der Waals surface area contributed by atoms with Crippen molar-refractivity contribution in [1.82, 2.24) is 9.47 Å². The van der Waals surface area contributed by atoms with Crippen molar-refractivity contribution in [2.45, 2.75) is 26.4 Å². The van der Waals surface area contributed by atoms with Gasteiger partial charge in [-0.3, -0.25) is 14.5 Å². The first kappa shape index (κ1) is 19.0. The number of ether oxygens (including phenoxy) is 1. The Morgan fingerprint density at radius 1 is 1.33 bits per heavy atom. The normalized spacial score (nSPS) is 17.0. The molecular weight excluding hydrogens is 364 g/mol. The molecule has 0 unspecified atom stereocenters. The number of fused-ring (bicyclic) bond motifs is 1. The molecule has 2 amide bonds. The van der Waals surface area contributed by atoms with Crippen molar-refractivity contribution >= 4 is 45.9 Å². The van der Waals surface area contributed by atoms with E-state index in [0.717, 1.165) is 33.1 Å². The fourth-order valence-electron chi connectivity index (χ4n) is 3.00. The van der Waals surface area contributed by atoms with E-state index in [9.17, 15) is 14.4 Å². The fraction of sp³-hybridized carbons (Fsp3) is 0.250. The SMILES string of the molecule is C=CCn1cc(/C=C2\SC(=O)N([C@H](C)C(=O)OCC)C2=O)c2ccccc21. The number of rotatable bonds is 6. The van der Waals surface area contributed by atoms with Crippen molar-refractivity contribution < 1.29 is 19.1 Å². The number of aromatic nitrogens is 1. The van der Waals surface area contributed by atoms with Crippen LogP contribution in [0.4, 0.5) is 4.79 Å². The molecule has 0 bridgehead atoms. The number of thioether (sulfide) groups is 1. The molecule has 1 saturated heterocycles. The van der Waals surface area contributed by atoms with Gasteiger partial charge >= 0.3 is 5.97 Å². The molecular formula is C20H20N2O4S. The highest BCUT2D eigenvalue weighted by Gasteiger charge is 2.41. The summed E-state index contributed by atoms with van der Waals surface area (Å²) in [7, 11) is 0. The number of imide groups is 1. The molecule has 140 valence electrons. The van der Waals surface area contributed by atoms with Crippen molar-refractivity contribution in [3.63, 3.8) is 0 Å². The third-order valence-corrected chi connectivity index (χ3v) is 5.15. The minimum Gasteiger partial charge on any atom is -0.464 e. The summed E-state index contributed by atoms with van der Waals surface area (Å²) < 4.78 is 6.96. The Kier molecular flexibility index (Phi) is 5.51. The lowest BCUT2D eigenvalue weighted by Gasteiger charge is -2.19. The van der Waals surface area contributed by atoms with Gasteiger partial charge in [-0.05, 0) is 37.8 Å². The Morgan fingerprint density at radius 3 is 2.78 bits per heavy atom. The highest BCUT2D eigenvalue weighted by atomic mass is 32.2. The maximum atomic E-state index is 12.7. The zero-order valence-corrected chi connectivity index (χ0v) is 16.0. The van der Waals surface area contributed by atoms with Crippen molar-refractivity contribution in [2.24, 2.45) is 0 Å². The molecule has 2 heterocycles. The molecule has 3 rings (SSSR count). The number of amides is 2. The number of nitrogens with zero attached hydrogens (tertiary/aromatic N) is 2. The van der Waals surface area contributed by atoms with Crippen LogP contribution in [-0.4, -0.2) is 39.2 Å². The Bertz CT molecular complexity index is 960. The second kappa shape index (κ2) is 7.84. The van der Waals surface area contributed by atoms with E-state index < -0.39 is 23.2 Å². The topological polar surface area (TPSA) is 68.6 Å². The summed E-state index contributed by atoms with van der Waals surface area (Å²) in [5, 5.41) is 0.506. The van der Waals surface area contributed by atoms with Crippen LogP contribution in [0.3, 0.4) is 0 Å². The van der Waals surface area contributed by atoms with Gasteiger partial charge in [-0.15, -0.1) is 6.58 Å². The average molecular weight is 384 g/mol. The first-order chi connectivity index (χ1) is 13.0. The smallest absolute Gasteiger partial charge is 0.329 e. The Balaban J connectivity index is 1.96. The highest BCUT2D eigenvalue weighted by Crippen LogP contribution is 2.35. The van der Waals surface area contributed by atoms with Crippen LogP contribution < -0.4 is 0 Å². The van der Waals surface area contributed by atoms with Gasteiger partial charge in [0.05, 0.1) is 11.5 Å². The van der Waals surface area contributed by atoms with Crippen LogP contribution in [0, 0.1) is 0 Å². The molecule has 6 nitrogen and oxygen atoms in total. The second-order valence-corrected chi connectivity index (χ2v) is 7.02. The number of para-hydroxylation sites is 1. The van der Waals surface area contributed by atoms with Gasteiger partial charge in [-0.1, -0.05) is 24.3 Å². The average Bonchev–Trinajstić information content (AvgIpc) is 3.13. The van der Waals surface area contributed by atoms with E-state index in [1.54, 1.807) is 19.1 Å². The predicted octanol–water partition coefficient (Wildman–Crippen LogP) is 3.82. The van der Waals surface area contributed by atoms with Gasteiger partial charge in [0.15, 0.2) is 0 Å². The maximum absolute atomic E-state index is 12.7. The number of esters is 1. The lowest BCUT2D eigenvalue weighted by atomic mass is 10.1. The Morgan fingerprint density at radius 2 is 2.07 bits per heavy atom. The van der Waals surface area contributed by atoms with Gasteiger partial charge < -0.3 is 9.30 Å². The summed E-state index contributed by atoms with van der Waals surface area (Å²) in [5.41, 5.74) is 1.85. The molecule has 0 aliphatic carbocycles. The highest BCUT2D eigenvalue weighted by molar-refractivity contribution is 8.18. The molecule has 1 aliphatic rings. The van der Waals surface area contributed by atoms with Crippen LogP contribution >= 0.6 is 11.8 Å². The number of benzene rings is 1. The van der Waals surface area contributed by atoms with Gasteiger partial charge in [0.1, 0.15) is 6.04 Å². The van der Waals surface area contributed by atoms with Crippen LogP contribution in [0.25, 0.3) is 17.0 Å². The number of carbonyl (C=O) groups excluding carboxylic acids is 3. The number of carbonyl (C=O) groups is 3. The van der Waals surface area contributed by atoms with Gasteiger partial charge in [0, 0.05) is 29.2 Å². The van der Waals surface area contributed by atoms with Gasteiger partial charge in [0.25, 0.3) is 11.1 Å². The summed E-state index contributed by atoms with van der Waals surface area (Å²) >= 11 is 0.833. The molecule has 0 N–H and O–H groups in total. The molecule has 0 saturated carbocycles. The van der Waals surface area contributed by atoms with E-state index in [4.69, 9.17) is 4.74 Å². The fourth-order valence-corrected chi connectivity index (χ4v) is 3.90. The largest absolute Gasteiger partial charge is 0.464 e. The van der Waals surface area contributed by atoms with E-state index in [2.05, 4.69) is 6.58 Å². The molecule has 1 aromatic carbocycles. The van der Waals surface area contributed by atoms with Crippen molar-refractivity contribution in [2.75, 3.05) is 6.61 Å². The Labute approximate surface area is 161 Å². The third-order valence-electron chi connectivity index (χ3n) is 4.27. The summed E-state index contributed by atoms with van der Waals surface area (Å²) in [6, 6.07) is 6.87. The minimum atomic E-state index is -0.953. The van der Waals surface area contributed by atoms with Crippen molar-refractivity contribution in [3.8, 4) is 0 Å². The predicted molar refractivity (Wildman–Crippen MR) is 106 cm³/mol. The van der Waals surface area contributed by atoms with Crippen LogP contribution in [0.5, 0.6) is 0 Å². The van der Waals surface area contributed by atoms with E-state index in [1.807, 2.05) is 35.0 Å². The van der Waals surface area contributed by atoms with Crippen LogP contribution in [0.15, 0.2) is 48.0 Å². The van der Waals surface area contributed by atoms with Gasteiger partial charge in [-0.25, -0.2) is 4.79 Å².